The van der Waals surface area contributed by atoms with Gasteiger partial charge in [-0.3, -0.25) is 28.9 Å². The number of carbonyl (C=O) groups excluding carboxylic acids is 5. The van der Waals surface area contributed by atoms with Crippen molar-refractivity contribution >= 4 is 56.0 Å². The second kappa shape index (κ2) is 19.3. The van der Waals surface area contributed by atoms with Crippen molar-refractivity contribution in [1.82, 2.24) is 23.5 Å². The van der Waals surface area contributed by atoms with Crippen molar-refractivity contribution in [3.63, 3.8) is 0 Å². The van der Waals surface area contributed by atoms with Crippen LogP contribution in [0.5, 0.6) is 0 Å². The highest BCUT2D eigenvalue weighted by Gasteiger charge is 2.86. The Morgan fingerprint density at radius 1 is 0.636 bits per heavy atom. The number of ketones is 1. The van der Waals surface area contributed by atoms with E-state index in [1.807, 2.05) is 0 Å². The van der Waals surface area contributed by atoms with Gasteiger partial charge >= 0.3 is 28.4 Å². The van der Waals surface area contributed by atoms with Crippen molar-refractivity contribution in [3.05, 3.63) is 25.3 Å². The van der Waals surface area contributed by atoms with Crippen LogP contribution in [0.4, 0.5) is 9.59 Å². The van der Waals surface area contributed by atoms with Gasteiger partial charge in [0.25, 0.3) is 5.91 Å². The molecule has 77 heavy (non-hydrogen) atoms. The molecule has 8 atom stereocenters. The SMILES string of the molecule is C=C[C@@H]1C[C@]1(CC(=O)[C@@H]1C[C@@]2(CN1C(=O)OC(C)(C)C)C(C)(C)C21CCC1)C(=O)NS(=O)(=O)N1CCCC1.C=C[C@@H]1C[C@]1(N)C(=O)NS(=O)(=O)C1CCCC1.CC(C)(C)OC(=O)N1C[C@]2(C[C@H]1C(=O)O)C(C)(C)C21CCC1. The van der Waals surface area contributed by atoms with Gasteiger partial charge in [0, 0.05) is 49.3 Å². The molecule has 0 aromatic heterocycles. The van der Waals surface area contributed by atoms with Crippen LogP contribution in [-0.2, 0) is 48.9 Å². The number of fused-ring (bicyclic) bond motifs is 2. The largest absolute Gasteiger partial charge is 0.480 e. The number of rotatable bonds is 12. The van der Waals surface area contributed by atoms with Crippen LogP contribution in [0.15, 0.2) is 25.3 Å². The molecule has 4 spiro atoms. The minimum Gasteiger partial charge on any atom is -0.480 e. The fourth-order valence-electron chi connectivity index (χ4n) is 15.9. The molecule has 0 aromatic carbocycles. The first kappa shape index (κ1) is 59.1. The second-order valence-electron chi connectivity index (χ2n) is 27.6. The van der Waals surface area contributed by atoms with E-state index in [1.165, 1.54) is 15.6 Å². The van der Waals surface area contributed by atoms with Gasteiger partial charge < -0.3 is 20.3 Å². The molecule has 7 saturated carbocycles. The summed E-state index contributed by atoms with van der Waals surface area (Å²) in [6.07, 6.45) is 15.6. The maximum Gasteiger partial charge on any atom is 0.411 e. The van der Waals surface area contributed by atoms with E-state index in [2.05, 4.69) is 50.3 Å². The van der Waals surface area contributed by atoms with E-state index in [0.717, 1.165) is 57.8 Å². The van der Waals surface area contributed by atoms with Crippen molar-refractivity contribution < 1.29 is 60.2 Å². The quantitative estimate of drug-likeness (QED) is 0.139. The number of allylic oxidation sites excluding steroid dienone is 1. The summed E-state index contributed by atoms with van der Waals surface area (Å²) in [6, 6.07) is -1.45. The molecular formula is C56H88N6O13S2. The van der Waals surface area contributed by atoms with Crippen LogP contribution in [0.1, 0.15) is 178 Å². The molecule has 10 aliphatic rings. The summed E-state index contributed by atoms with van der Waals surface area (Å²) >= 11 is 0. The van der Waals surface area contributed by atoms with Gasteiger partial charge in [-0.05, 0) is 146 Å². The van der Waals surface area contributed by atoms with Crippen molar-refractivity contribution in [2.24, 2.45) is 55.5 Å². The first-order chi connectivity index (χ1) is 35.4. The number of amides is 4. The molecule has 7 aliphatic carbocycles. The number of aliphatic carboxylic acids is 1. The van der Waals surface area contributed by atoms with Crippen LogP contribution in [0.2, 0.25) is 0 Å². The summed E-state index contributed by atoms with van der Waals surface area (Å²) in [7, 11) is -7.51. The first-order valence-electron chi connectivity index (χ1n) is 28.1. The van der Waals surface area contributed by atoms with E-state index in [4.69, 9.17) is 15.2 Å². The zero-order chi connectivity index (χ0) is 57.2. The lowest BCUT2D eigenvalue weighted by Gasteiger charge is -2.32. The first-order valence-corrected chi connectivity index (χ1v) is 31.1. The Morgan fingerprint density at radius 2 is 1.09 bits per heavy atom. The Hall–Kier alpha value is -4.08. The summed E-state index contributed by atoms with van der Waals surface area (Å²) in [5.74, 6) is -2.76. The molecule has 10 rings (SSSR count). The number of sulfonamides is 1. The minimum absolute atomic E-state index is 0.00957. The molecule has 432 valence electrons. The van der Waals surface area contributed by atoms with Gasteiger partial charge in [0.2, 0.25) is 15.9 Å². The van der Waals surface area contributed by atoms with Crippen LogP contribution in [0.25, 0.3) is 0 Å². The highest BCUT2D eigenvalue weighted by atomic mass is 32.2. The van der Waals surface area contributed by atoms with Gasteiger partial charge in [-0.25, -0.2) is 27.5 Å². The molecule has 10 fully saturated rings. The number of likely N-dealkylation sites (tertiary alicyclic amines) is 2. The van der Waals surface area contributed by atoms with Crippen molar-refractivity contribution in [2.75, 3.05) is 26.2 Å². The summed E-state index contributed by atoms with van der Waals surface area (Å²) in [5, 5.41) is 9.14. The molecule has 21 heteroatoms. The predicted molar refractivity (Wildman–Crippen MR) is 288 cm³/mol. The highest BCUT2D eigenvalue weighted by molar-refractivity contribution is 7.90. The van der Waals surface area contributed by atoms with Gasteiger partial charge in [-0.1, -0.05) is 65.5 Å². The molecule has 0 aromatic rings. The minimum atomic E-state index is -3.96. The molecule has 5 N–H and O–H groups in total. The second-order valence-corrected chi connectivity index (χ2v) is 31.3. The Morgan fingerprint density at radius 3 is 1.47 bits per heavy atom. The lowest BCUT2D eigenvalue weighted by Crippen LogP contribution is -2.48. The van der Waals surface area contributed by atoms with Crippen molar-refractivity contribution in [2.45, 2.75) is 212 Å². The lowest BCUT2D eigenvalue weighted by molar-refractivity contribution is -0.142. The normalized spacial score (nSPS) is 34.6. The monoisotopic (exact) mass is 1120 g/mol. The third-order valence-electron chi connectivity index (χ3n) is 21.3. The Kier molecular flexibility index (Phi) is 14.8. The molecular weight excluding hydrogens is 1030 g/mol. The fourth-order valence-corrected chi connectivity index (χ4v) is 18.8. The Labute approximate surface area is 457 Å². The molecule has 19 nitrogen and oxygen atoms in total. The third kappa shape index (κ3) is 9.65. The number of Topliss-reactive ketones (excluding diaryl/α,β-unsaturated/α-hetero) is 1. The van der Waals surface area contributed by atoms with E-state index in [0.29, 0.717) is 64.7 Å². The highest BCUT2D eigenvalue weighted by Crippen LogP contribution is 2.89. The standard InChI is InChI=1S/C28H43N3O6S.C17H27NO4.C11H18N2O3S/c1-7-19-15-26(19,22(33)29-38(35,36)30-13-8-9-14-30)17-21(32)20-16-28(25(5,6)27(28)11-10-12-27)18-31(20)23(34)37-24(2,3)4;1-14(2,3)22-13(21)18-10-17(9-11(18)12(19)20)15(4,5)16(17)7-6-8-16;1-2-8-7-11(8,12)10(14)13-17(15,16)9-5-3-4-6-9/h7,19-20H,1,8-18H2,2-6H3,(H,29,33);11H,6-10H2,1-5H3,(H,19,20);2,8-9H,1,3-7,12H2,(H,13,14)/t19-,20+,26-,28-;11-,17+;8-,11-/m101/s1. The molecule has 4 amide bonds. The number of ether oxygens (including phenoxy) is 2. The van der Waals surface area contributed by atoms with Gasteiger partial charge in [0.1, 0.15) is 22.8 Å². The van der Waals surface area contributed by atoms with E-state index in [9.17, 15) is 50.7 Å². The van der Waals surface area contributed by atoms with Gasteiger partial charge in [0.15, 0.2) is 5.78 Å². The van der Waals surface area contributed by atoms with Crippen LogP contribution in [0.3, 0.4) is 0 Å². The summed E-state index contributed by atoms with van der Waals surface area (Å²) in [5.41, 5.74) is 2.58. The van der Waals surface area contributed by atoms with Crippen molar-refractivity contribution in [1.29, 1.82) is 0 Å². The smallest absolute Gasteiger partial charge is 0.411 e. The van der Waals surface area contributed by atoms with Crippen LogP contribution in [-0.4, -0.2) is 132 Å². The average molecular weight is 1120 g/mol. The zero-order valence-electron chi connectivity index (χ0n) is 47.4. The predicted octanol–water partition coefficient (Wildman–Crippen LogP) is 7.36. The topological polar surface area (TPSA) is 269 Å². The van der Waals surface area contributed by atoms with Gasteiger partial charge in [0.05, 0.1) is 16.7 Å². The molecule has 0 bridgehead atoms. The fraction of sp³-hybridized carbons (Fsp3) is 0.821. The number of carboxylic acid groups (broad SMARTS) is 1. The van der Waals surface area contributed by atoms with E-state index < -0.39 is 89.7 Å². The number of nitrogens with zero attached hydrogens (tertiary/aromatic N) is 3. The lowest BCUT2D eigenvalue weighted by atomic mass is 9.73. The molecule has 3 saturated heterocycles. The van der Waals surface area contributed by atoms with Gasteiger partial charge in [-0.15, -0.1) is 13.2 Å². The van der Waals surface area contributed by atoms with Crippen LogP contribution in [0, 0.1) is 49.7 Å². The molecule has 0 unspecified atom stereocenters. The maximum atomic E-state index is 14.0. The van der Waals surface area contributed by atoms with Crippen molar-refractivity contribution in [3.8, 4) is 0 Å². The summed E-state index contributed by atoms with van der Waals surface area (Å²) in [4.78, 5) is 79.8. The number of nitrogens with two attached hydrogens (primary N) is 1. The van der Waals surface area contributed by atoms with Gasteiger partial charge in [-0.2, -0.15) is 12.7 Å². The summed E-state index contributed by atoms with van der Waals surface area (Å²) < 4.78 is 66.3. The number of hydrogen-bond acceptors (Lipinski definition) is 13. The Bertz CT molecular complexity index is 2680. The number of carbonyl (C=O) groups is 6. The molecule has 0 radical (unpaired) electrons. The van der Waals surface area contributed by atoms with E-state index in [1.54, 1.807) is 58.6 Å². The number of carboxylic acids is 1. The molecule has 3 aliphatic heterocycles. The average Bonchev–Trinajstić information content (AvgIpc) is 3.91. The van der Waals surface area contributed by atoms with E-state index >= 15 is 0 Å². The maximum absolute atomic E-state index is 14.0. The van der Waals surface area contributed by atoms with Crippen LogP contribution >= 0.6 is 0 Å². The Balaban J connectivity index is 0.000000169. The number of nitrogens with one attached hydrogen (secondary N) is 2. The summed E-state index contributed by atoms with van der Waals surface area (Å²) in [6.45, 7) is 29.0. The zero-order valence-corrected chi connectivity index (χ0v) is 49.0. The van der Waals surface area contributed by atoms with E-state index in [-0.39, 0.29) is 56.5 Å². The third-order valence-corrected chi connectivity index (χ3v) is 24.6. The van der Waals surface area contributed by atoms with Crippen LogP contribution < -0.4 is 15.2 Å². The number of hydrogen-bond donors (Lipinski definition) is 4. The molecule has 3 heterocycles.